The Labute approximate surface area is 246 Å². The van der Waals surface area contributed by atoms with Gasteiger partial charge in [0.05, 0.1) is 17.1 Å². The van der Waals surface area contributed by atoms with E-state index < -0.39 is 0 Å². The summed E-state index contributed by atoms with van der Waals surface area (Å²) in [6.45, 7) is 8.50. The van der Waals surface area contributed by atoms with E-state index in [2.05, 4.69) is 27.7 Å². The molecule has 3 aromatic rings. The SMILES string of the molecule is CCC.CCC.O=C1CC(=O)N1c1ccccc1.O=C1CC(=O)N1c1ccccc1.O=C1CC(=O)N1c1ccccc1. The van der Waals surface area contributed by atoms with Crippen molar-refractivity contribution in [2.45, 2.75) is 59.8 Å². The minimum absolute atomic E-state index is 0.0505. The zero-order chi connectivity index (χ0) is 31.1. The van der Waals surface area contributed by atoms with Gasteiger partial charge in [-0.2, -0.15) is 0 Å². The predicted octanol–water partition coefficient (Wildman–Crippen LogP) is 5.68. The molecule has 0 bridgehead atoms. The van der Waals surface area contributed by atoms with Gasteiger partial charge in [-0.3, -0.25) is 28.8 Å². The van der Waals surface area contributed by atoms with Gasteiger partial charge in [-0.15, -0.1) is 0 Å². The van der Waals surface area contributed by atoms with Crippen LogP contribution in [0.3, 0.4) is 0 Å². The van der Waals surface area contributed by atoms with Crippen LogP contribution in [0.15, 0.2) is 91.0 Å². The number of amides is 6. The van der Waals surface area contributed by atoms with E-state index in [-0.39, 0.29) is 54.7 Å². The van der Waals surface area contributed by atoms with E-state index in [0.717, 1.165) is 0 Å². The van der Waals surface area contributed by atoms with E-state index in [1.165, 1.54) is 27.5 Å². The molecule has 6 amide bonds. The Balaban J connectivity index is 0.000000201. The van der Waals surface area contributed by atoms with E-state index in [1.807, 2.05) is 18.2 Å². The summed E-state index contributed by atoms with van der Waals surface area (Å²) in [4.78, 5) is 69.3. The fourth-order valence-electron chi connectivity index (χ4n) is 3.60. The van der Waals surface area contributed by atoms with Crippen LogP contribution >= 0.6 is 0 Å². The predicted molar refractivity (Wildman–Crippen MR) is 163 cm³/mol. The molecule has 0 spiro atoms. The molecule has 0 N–H and O–H groups in total. The first-order valence-corrected chi connectivity index (χ1v) is 13.9. The van der Waals surface area contributed by atoms with Gasteiger partial charge in [0, 0.05) is 0 Å². The lowest BCUT2D eigenvalue weighted by Gasteiger charge is -2.27. The number of imide groups is 3. The van der Waals surface area contributed by atoms with E-state index in [0.29, 0.717) is 17.1 Å². The summed E-state index contributed by atoms with van der Waals surface area (Å²) in [5, 5.41) is 0. The normalized spacial score (nSPS) is 14.7. The van der Waals surface area contributed by atoms with Crippen molar-refractivity contribution in [3.8, 4) is 0 Å². The second kappa shape index (κ2) is 17.0. The van der Waals surface area contributed by atoms with Crippen molar-refractivity contribution in [2.24, 2.45) is 0 Å². The quantitative estimate of drug-likeness (QED) is 0.295. The van der Waals surface area contributed by atoms with Crippen molar-refractivity contribution in [3.63, 3.8) is 0 Å². The van der Waals surface area contributed by atoms with Crippen molar-refractivity contribution in [3.05, 3.63) is 91.0 Å². The van der Waals surface area contributed by atoms with Crippen LogP contribution in [-0.2, 0) is 28.8 Å². The summed E-state index contributed by atoms with van der Waals surface area (Å²) in [6, 6.07) is 26.8. The van der Waals surface area contributed by atoms with Gasteiger partial charge in [0.1, 0.15) is 19.3 Å². The van der Waals surface area contributed by atoms with Crippen LogP contribution in [0.25, 0.3) is 0 Å². The zero-order valence-electron chi connectivity index (χ0n) is 24.5. The average molecular weight is 572 g/mol. The fourth-order valence-corrected chi connectivity index (χ4v) is 3.60. The number of rotatable bonds is 3. The minimum atomic E-state index is -0.119. The highest BCUT2D eigenvalue weighted by atomic mass is 16.2. The second-order valence-corrected chi connectivity index (χ2v) is 9.32. The molecule has 0 unspecified atom stereocenters. The van der Waals surface area contributed by atoms with Crippen LogP contribution in [0.4, 0.5) is 17.1 Å². The third-order valence-electron chi connectivity index (χ3n) is 5.45. The number of β-lactam (4-membered cyclic amide) rings is 6. The topological polar surface area (TPSA) is 112 Å². The van der Waals surface area contributed by atoms with Gasteiger partial charge < -0.3 is 0 Å². The summed E-state index contributed by atoms with van der Waals surface area (Å²) < 4.78 is 0. The third-order valence-corrected chi connectivity index (χ3v) is 5.45. The Morgan fingerprint density at radius 2 is 0.548 bits per heavy atom. The average Bonchev–Trinajstić information content (AvgIpc) is 2.96. The second-order valence-electron chi connectivity index (χ2n) is 9.32. The first kappa shape index (κ1) is 33.3. The lowest BCUT2D eigenvalue weighted by molar-refractivity contribution is -0.138. The highest BCUT2D eigenvalue weighted by Crippen LogP contribution is 2.23. The van der Waals surface area contributed by atoms with Gasteiger partial charge in [0.15, 0.2) is 0 Å². The van der Waals surface area contributed by atoms with E-state index in [9.17, 15) is 28.8 Å². The molecule has 0 atom stereocenters. The summed E-state index contributed by atoms with van der Waals surface area (Å²) in [7, 11) is 0. The molecular weight excluding hydrogens is 534 g/mol. The molecule has 0 radical (unpaired) electrons. The van der Waals surface area contributed by atoms with Crippen LogP contribution in [0.2, 0.25) is 0 Å². The molecule has 3 fully saturated rings. The van der Waals surface area contributed by atoms with Crippen LogP contribution in [0, 0.1) is 0 Å². The molecule has 0 saturated carbocycles. The number of benzene rings is 3. The summed E-state index contributed by atoms with van der Waals surface area (Å²) >= 11 is 0. The van der Waals surface area contributed by atoms with Crippen molar-refractivity contribution >= 4 is 52.5 Å². The van der Waals surface area contributed by atoms with Crippen LogP contribution in [0.5, 0.6) is 0 Å². The largest absolute Gasteiger partial charge is 0.273 e. The lowest BCUT2D eigenvalue weighted by atomic mass is 10.1. The molecule has 9 nitrogen and oxygen atoms in total. The Hall–Kier alpha value is -4.92. The van der Waals surface area contributed by atoms with E-state index in [4.69, 9.17) is 0 Å². The maximum absolute atomic E-state index is 10.9. The third kappa shape index (κ3) is 9.05. The van der Waals surface area contributed by atoms with Gasteiger partial charge in [-0.25, -0.2) is 14.7 Å². The number of para-hydroxylation sites is 3. The van der Waals surface area contributed by atoms with E-state index in [1.54, 1.807) is 72.8 Å². The number of hydrogen-bond acceptors (Lipinski definition) is 6. The molecule has 3 aliphatic rings. The van der Waals surface area contributed by atoms with Crippen molar-refractivity contribution in [1.82, 2.24) is 0 Å². The standard InChI is InChI=1S/3C9H7NO2.2C3H8/c3*11-8-6-9(12)10(8)7-4-2-1-3-5-7;2*1-3-2/h3*1-5H,6H2;2*3H2,1-2H3. The molecule has 9 heteroatoms. The monoisotopic (exact) mass is 571 g/mol. The smallest absolute Gasteiger partial charge is 0.243 e. The Bertz CT molecular complexity index is 1150. The maximum atomic E-state index is 10.9. The van der Waals surface area contributed by atoms with Gasteiger partial charge in [0.2, 0.25) is 35.4 Å². The lowest BCUT2D eigenvalue weighted by Crippen LogP contribution is -2.49. The molecular formula is C33H37N3O6. The molecule has 3 aromatic carbocycles. The van der Waals surface area contributed by atoms with Crippen LogP contribution in [0.1, 0.15) is 59.8 Å². The van der Waals surface area contributed by atoms with Crippen LogP contribution in [-0.4, -0.2) is 35.4 Å². The minimum Gasteiger partial charge on any atom is -0.273 e. The molecule has 3 saturated heterocycles. The van der Waals surface area contributed by atoms with Gasteiger partial charge in [-0.05, 0) is 36.4 Å². The van der Waals surface area contributed by atoms with Crippen molar-refractivity contribution in [1.29, 1.82) is 0 Å². The number of hydrogen-bond donors (Lipinski definition) is 0. The molecule has 3 aliphatic heterocycles. The van der Waals surface area contributed by atoms with Crippen molar-refractivity contribution < 1.29 is 28.8 Å². The van der Waals surface area contributed by atoms with Crippen molar-refractivity contribution in [2.75, 3.05) is 14.7 Å². The number of nitrogens with zero attached hydrogens (tertiary/aromatic N) is 3. The molecule has 6 rings (SSSR count). The highest BCUT2D eigenvalue weighted by molar-refractivity contribution is 6.32. The maximum Gasteiger partial charge on any atom is 0.243 e. The number of anilines is 3. The molecule has 3 heterocycles. The number of carbonyl (C=O) groups excluding carboxylic acids is 6. The summed E-state index contributed by atoms with van der Waals surface area (Å²) in [5.41, 5.74) is 2.00. The van der Waals surface area contributed by atoms with Gasteiger partial charge >= 0.3 is 0 Å². The Kier molecular flexibility index (Phi) is 13.5. The molecule has 220 valence electrons. The molecule has 42 heavy (non-hydrogen) atoms. The first-order chi connectivity index (χ1) is 20.2. The molecule has 0 aliphatic carbocycles. The summed E-state index contributed by atoms with van der Waals surface area (Å²) in [6.07, 6.45) is 2.65. The highest BCUT2D eigenvalue weighted by Gasteiger charge is 2.36. The Morgan fingerprint density at radius 3 is 0.690 bits per heavy atom. The first-order valence-electron chi connectivity index (χ1n) is 13.9. The van der Waals surface area contributed by atoms with E-state index >= 15 is 0 Å². The summed E-state index contributed by atoms with van der Waals surface area (Å²) in [5.74, 6) is -0.716. The van der Waals surface area contributed by atoms with Gasteiger partial charge in [-0.1, -0.05) is 95.1 Å². The zero-order valence-corrected chi connectivity index (χ0v) is 24.5. The van der Waals surface area contributed by atoms with Crippen LogP contribution < -0.4 is 14.7 Å². The fraction of sp³-hybridized carbons (Fsp3) is 0.273. The Morgan fingerprint density at radius 1 is 0.381 bits per heavy atom. The van der Waals surface area contributed by atoms with Gasteiger partial charge in [0.25, 0.3) is 0 Å². The molecule has 0 aromatic heterocycles. The number of carbonyl (C=O) groups is 6.